The van der Waals surface area contributed by atoms with Crippen molar-refractivity contribution in [3.05, 3.63) is 58.9 Å². The molecule has 10 heteroatoms. The van der Waals surface area contributed by atoms with Gasteiger partial charge in [0.05, 0.1) is 17.9 Å². The minimum atomic E-state index is 0.00943. The van der Waals surface area contributed by atoms with E-state index in [0.717, 1.165) is 24.3 Å². The Morgan fingerprint density at radius 1 is 1.27 bits per heavy atom. The van der Waals surface area contributed by atoms with Crippen LogP contribution in [0, 0.1) is 12.8 Å². The molecule has 0 bridgehead atoms. The summed E-state index contributed by atoms with van der Waals surface area (Å²) in [6, 6.07) is 7.69. The summed E-state index contributed by atoms with van der Waals surface area (Å²) in [6.07, 6.45) is 3.58. The van der Waals surface area contributed by atoms with Gasteiger partial charge in [0.2, 0.25) is 5.95 Å². The Balaban J connectivity index is 1.40. The highest BCUT2D eigenvalue weighted by molar-refractivity contribution is 6.30. The number of aromatic nitrogens is 5. The molecule has 0 radical (unpaired) electrons. The quantitative estimate of drug-likeness (QED) is 0.547. The first-order valence-corrected chi connectivity index (χ1v) is 10.1. The molecule has 0 saturated carbocycles. The monoisotopic (exact) mass is 445 g/mol. The average molecular weight is 446 g/mol. The molecule has 2 aromatic heterocycles. The first-order chi connectivity index (χ1) is 14.4. The van der Waals surface area contributed by atoms with Crippen LogP contribution in [0.4, 0.5) is 11.6 Å². The van der Waals surface area contributed by atoms with E-state index in [1.165, 1.54) is 0 Å². The minimum Gasteiger partial charge on any atom is -0.424 e. The Bertz CT molecular complexity index is 1040. The van der Waals surface area contributed by atoms with Gasteiger partial charge in [-0.2, -0.15) is 10.1 Å². The Morgan fingerprint density at radius 3 is 2.77 bits per heavy atom. The normalized spacial score (nSPS) is 14.9. The molecule has 1 aliphatic heterocycles. The molecule has 4 rings (SSSR count). The lowest BCUT2D eigenvalue weighted by molar-refractivity contribution is 0.388. The van der Waals surface area contributed by atoms with Gasteiger partial charge >= 0.3 is 6.01 Å². The van der Waals surface area contributed by atoms with Gasteiger partial charge < -0.3 is 15.0 Å². The number of ether oxygens (including phenoxy) is 1. The van der Waals surface area contributed by atoms with Gasteiger partial charge in [0, 0.05) is 37.1 Å². The van der Waals surface area contributed by atoms with Gasteiger partial charge in [-0.25, -0.2) is 4.68 Å². The van der Waals surface area contributed by atoms with E-state index >= 15 is 0 Å². The third-order valence-electron chi connectivity index (χ3n) is 4.89. The first-order valence-electron chi connectivity index (χ1n) is 9.39. The maximum Gasteiger partial charge on any atom is 0.321 e. The van der Waals surface area contributed by atoms with E-state index in [1.54, 1.807) is 24.0 Å². The van der Waals surface area contributed by atoms with Crippen molar-refractivity contribution in [2.24, 2.45) is 13.0 Å². The van der Waals surface area contributed by atoms with Crippen LogP contribution in [0.3, 0.4) is 0 Å². The Labute approximate surface area is 184 Å². The van der Waals surface area contributed by atoms with Crippen molar-refractivity contribution in [1.82, 2.24) is 25.0 Å². The Kier molecular flexibility index (Phi) is 5.78. The number of nitrogens with zero attached hydrogens (tertiary/aromatic N) is 6. The second kappa shape index (κ2) is 8.49. The van der Waals surface area contributed by atoms with E-state index in [9.17, 15) is 0 Å². The molecule has 1 fully saturated rings. The zero-order valence-electron chi connectivity index (χ0n) is 16.6. The lowest BCUT2D eigenvalue weighted by atomic mass is 9.91. The van der Waals surface area contributed by atoms with Crippen molar-refractivity contribution in [2.75, 3.05) is 23.3 Å². The van der Waals surface area contributed by atoms with Gasteiger partial charge in [0.25, 0.3) is 0 Å². The highest BCUT2D eigenvalue weighted by Gasteiger charge is 2.33. The summed E-state index contributed by atoms with van der Waals surface area (Å²) < 4.78 is 7.44. The fraction of sp³-hybridized carbons (Fsp3) is 0.300. The van der Waals surface area contributed by atoms with Gasteiger partial charge in [-0.15, -0.1) is 16.8 Å². The molecule has 1 aliphatic rings. The molecule has 1 unspecified atom stereocenters. The summed E-state index contributed by atoms with van der Waals surface area (Å²) >= 11 is 12.0. The molecular formula is C20H21Cl2N7O. The number of halogens is 2. The van der Waals surface area contributed by atoms with Gasteiger partial charge in [-0.05, 0) is 30.7 Å². The van der Waals surface area contributed by atoms with Crippen molar-refractivity contribution < 1.29 is 4.74 Å². The van der Waals surface area contributed by atoms with Crippen molar-refractivity contribution >= 4 is 34.8 Å². The van der Waals surface area contributed by atoms with E-state index in [2.05, 4.69) is 37.1 Å². The molecule has 1 atom stereocenters. The highest BCUT2D eigenvalue weighted by atomic mass is 35.5. The van der Waals surface area contributed by atoms with Gasteiger partial charge in [0.1, 0.15) is 5.75 Å². The number of aryl methyl sites for hydroxylation is 2. The minimum absolute atomic E-state index is 0.00943. The highest BCUT2D eigenvalue weighted by Crippen LogP contribution is 2.29. The molecule has 1 N–H and O–H groups in total. The molecule has 1 aromatic carbocycles. The second-order valence-corrected chi connectivity index (χ2v) is 8.04. The summed E-state index contributed by atoms with van der Waals surface area (Å²) in [4.78, 5) is 6.65. The number of benzene rings is 1. The summed E-state index contributed by atoms with van der Waals surface area (Å²) in [5, 5.41) is 16.4. The van der Waals surface area contributed by atoms with Crippen molar-refractivity contribution in [2.45, 2.75) is 13.0 Å². The smallest absolute Gasteiger partial charge is 0.321 e. The molecule has 1 saturated heterocycles. The van der Waals surface area contributed by atoms with Crippen LogP contribution in [-0.4, -0.2) is 44.1 Å². The Hall–Kier alpha value is -2.84. The maximum absolute atomic E-state index is 6.11. The van der Waals surface area contributed by atoms with Gasteiger partial charge in [-0.1, -0.05) is 29.3 Å². The number of hydrogen-bond donors (Lipinski definition) is 1. The topological polar surface area (TPSA) is 81.0 Å². The number of hydrogen-bond acceptors (Lipinski definition) is 7. The van der Waals surface area contributed by atoms with E-state index in [4.69, 9.17) is 27.9 Å². The maximum atomic E-state index is 6.11. The summed E-state index contributed by atoms with van der Waals surface area (Å²) in [5.74, 6) is 1.43. The molecule has 156 valence electrons. The van der Waals surface area contributed by atoms with Crippen molar-refractivity contribution in [3.8, 4) is 11.8 Å². The molecule has 0 amide bonds. The van der Waals surface area contributed by atoms with Gasteiger partial charge in [0.15, 0.2) is 5.15 Å². The summed E-state index contributed by atoms with van der Waals surface area (Å²) in [7, 11) is 1.78. The number of nitrogens with one attached hydrogen (secondary N) is 1. The van der Waals surface area contributed by atoms with E-state index in [1.807, 2.05) is 31.2 Å². The fourth-order valence-corrected chi connectivity index (χ4v) is 3.80. The van der Waals surface area contributed by atoms with Crippen LogP contribution >= 0.6 is 23.2 Å². The first kappa shape index (κ1) is 20.4. The molecular weight excluding hydrogens is 425 g/mol. The van der Waals surface area contributed by atoms with Crippen LogP contribution in [0.15, 0.2) is 43.1 Å². The zero-order valence-corrected chi connectivity index (χ0v) is 18.1. The largest absolute Gasteiger partial charge is 0.424 e. The van der Waals surface area contributed by atoms with Crippen LogP contribution < -0.4 is 15.0 Å². The third-order valence-corrected chi connectivity index (χ3v) is 5.29. The molecule has 0 aliphatic carbocycles. The molecule has 30 heavy (non-hydrogen) atoms. The summed E-state index contributed by atoms with van der Waals surface area (Å²) in [5.41, 5.74) is 1.96. The van der Waals surface area contributed by atoms with Crippen LogP contribution in [0.5, 0.6) is 11.8 Å². The van der Waals surface area contributed by atoms with Crippen molar-refractivity contribution in [3.63, 3.8) is 0 Å². The second-order valence-electron chi connectivity index (χ2n) is 7.22. The molecule has 3 aromatic rings. The average Bonchev–Trinajstić information content (AvgIpc) is 2.98. The van der Waals surface area contributed by atoms with E-state index in [0.29, 0.717) is 33.8 Å². The lowest BCUT2D eigenvalue weighted by Crippen LogP contribution is -2.53. The SMILES string of the molecule is C=CC(Nc1nc(Oc2cc(C)cc(Cl)c2)n(C)n1)C1CN(c2cnnc(Cl)c2)C1. The van der Waals surface area contributed by atoms with Gasteiger partial charge in [-0.3, -0.25) is 0 Å². The van der Waals surface area contributed by atoms with Crippen LogP contribution in [0.25, 0.3) is 0 Å². The predicted molar refractivity (Wildman–Crippen MR) is 118 cm³/mol. The van der Waals surface area contributed by atoms with Crippen LogP contribution in [-0.2, 0) is 7.05 Å². The predicted octanol–water partition coefficient (Wildman–Crippen LogP) is 4.12. The molecule has 3 heterocycles. The zero-order chi connectivity index (χ0) is 21.3. The standard InChI is InChI=1S/C20H21Cl2N7O/c1-4-17(13-10-29(11-13)15-8-18(22)26-23-9-15)24-19-25-20(28(3)27-19)30-16-6-12(2)5-14(21)7-16/h4-9,13,17H,1,10-11H2,2-3H3,(H,24,27). The van der Waals surface area contributed by atoms with Crippen LogP contribution in [0.1, 0.15) is 5.56 Å². The lowest BCUT2D eigenvalue weighted by Gasteiger charge is -2.43. The molecule has 8 nitrogen and oxygen atoms in total. The fourth-order valence-electron chi connectivity index (χ4n) is 3.36. The van der Waals surface area contributed by atoms with E-state index in [-0.39, 0.29) is 6.04 Å². The number of anilines is 2. The van der Waals surface area contributed by atoms with Crippen LogP contribution in [0.2, 0.25) is 10.2 Å². The molecule has 0 spiro atoms. The summed E-state index contributed by atoms with van der Waals surface area (Å²) in [6.45, 7) is 7.58. The number of rotatable bonds is 7. The van der Waals surface area contributed by atoms with E-state index < -0.39 is 0 Å². The van der Waals surface area contributed by atoms with Crippen molar-refractivity contribution in [1.29, 1.82) is 0 Å². The third kappa shape index (κ3) is 4.49. The Morgan fingerprint density at radius 2 is 2.07 bits per heavy atom.